The minimum Gasteiger partial charge on any atom is -0.505 e. The molecular formula is C12H13N2O2+. The molecule has 0 amide bonds. The molecule has 0 aliphatic carbocycles. The summed E-state index contributed by atoms with van der Waals surface area (Å²) < 4.78 is 0. The summed E-state index contributed by atoms with van der Waals surface area (Å²) in [6.07, 6.45) is 1.07. The van der Waals surface area contributed by atoms with Crippen LogP contribution in [0, 0.1) is 5.39 Å². The summed E-state index contributed by atoms with van der Waals surface area (Å²) in [5.74, 6) is -0.560. The van der Waals surface area contributed by atoms with Crippen LogP contribution < -0.4 is 0 Å². The predicted molar refractivity (Wildman–Crippen MR) is 60.3 cm³/mol. The predicted octanol–water partition coefficient (Wildman–Crippen LogP) is 3.00. The van der Waals surface area contributed by atoms with E-state index in [1.165, 1.54) is 6.92 Å². The van der Waals surface area contributed by atoms with Crippen molar-refractivity contribution in [2.45, 2.75) is 19.3 Å². The van der Waals surface area contributed by atoms with E-state index >= 15 is 0 Å². The first-order valence-corrected chi connectivity index (χ1v) is 4.92. The number of nitrogens with zero attached hydrogens (tertiary/aromatic N) is 2. The van der Waals surface area contributed by atoms with Gasteiger partial charge in [0.15, 0.2) is 10.7 Å². The number of aliphatic hydroxyl groups is 1. The number of carbonyl (C=O) groups excluding carboxylic acids is 1. The van der Waals surface area contributed by atoms with Crippen molar-refractivity contribution in [3.8, 4) is 0 Å². The van der Waals surface area contributed by atoms with Gasteiger partial charge in [-0.3, -0.25) is 4.79 Å². The Kier molecular flexibility index (Phi) is 4.22. The molecule has 4 nitrogen and oxygen atoms in total. The Hall–Kier alpha value is -2.15. The normalized spacial score (nSPS) is 12.9. The molecule has 1 N–H and O–H groups in total. The highest BCUT2D eigenvalue weighted by Gasteiger charge is 2.19. The fourth-order valence-corrected chi connectivity index (χ4v) is 1.51. The number of allylic oxidation sites excluding steroid dienone is 1. The number of diazo groups is 1. The van der Waals surface area contributed by atoms with Gasteiger partial charge in [0, 0.05) is 12.3 Å². The average molecular weight is 217 g/mol. The minimum atomic E-state index is -0.404. The number of ketones is 1. The van der Waals surface area contributed by atoms with Crippen LogP contribution in [0.5, 0.6) is 0 Å². The second kappa shape index (κ2) is 5.66. The summed E-state index contributed by atoms with van der Waals surface area (Å²) in [7, 11) is 0. The Bertz CT molecular complexity index is 432. The lowest BCUT2D eigenvalue weighted by atomic mass is 9.92. The zero-order chi connectivity index (χ0) is 12.0. The fraction of sp³-hybridized carbons (Fsp3) is 0.250. The van der Waals surface area contributed by atoms with Crippen molar-refractivity contribution in [3.63, 3.8) is 0 Å². The topological polar surface area (TPSA) is 65.4 Å². The number of hydrogen-bond donors (Lipinski definition) is 1. The summed E-state index contributed by atoms with van der Waals surface area (Å²) >= 11 is 0. The first-order chi connectivity index (χ1) is 7.65. The number of aliphatic hydroxyl groups excluding tert-OH is 1. The largest absolute Gasteiger partial charge is 0.505 e. The number of rotatable bonds is 4. The molecule has 0 saturated carbocycles. The Morgan fingerprint density at radius 3 is 2.62 bits per heavy atom. The molecule has 1 aromatic rings. The molecule has 0 aliphatic heterocycles. The van der Waals surface area contributed by atoms with Crippen LogP contribution in [0.2, 0.25) is 0 Å². The van der Waals surface area contributed by atoms with E-state index in [1.54, 1.807) is 0 Å². The summed E-state index contributed by atoms with van der Waals surface area (Å²) in [5, 5.41) is 17.6. The van der Waals surface area contributed by atoms with Crippen LogP contribution in [-0.4, -0.2) is 10.9 Å². The molecule has 1 unspecified atom stereocenters. The molecule has 0 aliphatic rings. The molecule has 0 radical (unpaired) electrons. The van der Waals surface area contributed by atoms with Crippen molar-refractivity contribution in [2.75, 3.05) is 0 Å². The van der Waals surface area contributed by atoms with E-state index in [0.29, 0.717) is 0 Å². The maximum atomic E-state index is 11.5. The highest BCUT2D eigenvalue weighted by Crippen LogP contribution is 2.23. The van der Waals surface area contributed by atoms with Gasteiger partial charge >= 0.3 is 6.20 Å². The van der Waals surface area contributed by atoms with Gasteiger partial charge in [-0.05, 0) is 12.5 Å². The quantitative estimate of drug-likeness (QED) is 0.622. The monoisotopic (exact) mass is 217 g/mol. The molecule has 82 valence electrons. The molecule has 0 aromatic heterocycles. The van der Waals surface area contributed by atoms with E-state index in [2.05, 4.69) is 4.98 Å². The highest BCUT2D eigenvalue weighted by atomic mass is 16.3. The molecule has 1 aromatic carbocycles. The second-order valence-corrected chi connectivity index (χ2v) is 3.51. The van der Waals surface area contributed by atoms with Crippen molar-refractivity contribution >= 4 is 5.78 Å². The van der Waals surface area contributed by atoms with E-state index in [4.69, 9.17) is 5.39 Å². The maximum Gasteiger partial charge on any atom is 0.387 e. The second-order valence-electron chi connectivity index (χ2n) is 3.51. The van der Waals surface area contributed by atoms with E-state index in [1.807, 2.05) is 30.3 Å². The van der Waals surface area contributed by atoms with Gasteiger partial charge in [0.05, 0.1) is 0 Å². The van der Waals surface area contributed by atoms with Crippen LogP contribution in [-0.2, 0) is 4.79 Å². The van der Waals surface area contributed by atoms with Gasteiger partial charge in [0.1, 0.15) is 5.78 Å². The van der Waals surface area contributed by atoms with Crippen LogP contribution >= 0.6 is 0 Å². The summed E-state index contributed by atoms with van der Waals surface area (Å²) in [6.45, 7) is 1.47. The minimum absolute atomic E-state index is 0.0379. The molecule has 4 heteroatoms. The third-order valence-corrected chi connectivity index (χ3v) is 2.31. The molecule has 0 spiro atoms. The SMILES string of the molecule is CC(=O)C(C/C(O)=C/[N+]#N)c1ccccc1. The van der Waals surface area contributed by atoms with Gasteiger partial charge in [-0.2, -0.15) is 0 Å². The van der Waals surface area contributed by atoms with E-state index in [0.717, 1.165) is 11.8 Å². The van der Waals surface area contributed by atoms with Gasteiger partial charge in [-0.1, -0.05) is 30.3 Å². The first-order valence-electron chi connectivity index (χ1n) is 4.92. The summed E-state index contributed by atoms with van der Waals surface area (Å²) in [4.78, 5) is 14.2. The molecule has 1 rings (SSSR count). The van der Waals surface area contributed by atoms with Crippen molar-refractivity contribution in [1.82, 2.24) is 0 Å². The van der Waals surface area contributed by atoms with Crippen LogP contribution in [0.3, 0.4) is 0 Å². The number of benzene rings is 1. The third-order valence-electron chi connectivity index (χ3n) is 2.31. The van der Waals surface area contributed by atoms with Crippen molar-refractivity contribution in [2.24, 2.45) is 0 Å². The van der Waals surface area contributed by atoms with Gasteiger partial charge < -0.3 is 5.11 Å². The van der Waals surface area contributed by atoms with Crippen molar-refractivity contribution in [1.29, 1.82) is 5.39 Å². The van der Waals surface area contributed by atoms with Crippen LogP contribution in [0.1, 0.15) is 24.8 Å². The molecular weight excluding hydrogens is 204 g/mol. The molecule has 0 bridgehead atoms. The number of carbonyl (C=O) groups is 1. The highest BCUT2D eigenvalue weighted by molar-refractivity contribution is 5.83. The van der Waals surface area contributed by atoms with Gasteiger partial charge in [0.25, 0.3) is 0 Å². The van der Waals surface area contributed by atoms with Crippen molar-refractivity contribution in [3.05, 3.63) is 52.8 Å². The zero-order valence-electron chi connectivity index (χ0n) is 9.00. The summed E-state index contributed by atoms with van der Waals surface area (Å²) in [6, 6.07) is 9.19. The van der Waals surface area contributed by atoms with E-state index in [-0.39, 0.29) is 18.0 Å². The smallest absolute Gasteiger partial charge is 0.387 e. The van der Waals surface area contributed by atoms with Gasteiger partial charge in [-0.25, -0.2) is 0 Å². The van der Waals surface area contributed by atoms with E-state index < -0.39 is 5.92 Å². The Morgan fingerprint density at radius 1 is 1.50 bits per heavy atom. The average Bonchev–Trinajstić information content (AvgIpc) is 2.27. The standard InChI is InChI=1S/C12H12N2O2/c1-9(15)12(7-11(16)8-14-13)10-5-3-2-4-6-10/h2-6,8,12H,7H2,1H3/p+1/b11-8-. The molecule has 1 atom stereocenters. The first kappa shape index (κ1) is 11.9. The van der Waals surface area contributed by atoms with E-state index in [9.17, 15) is 9.90 Å². The fourth-order valence-electron chi connectivity index (χ4n) is 1.51. The third kappa shape index (κ3) is 3.21. The zero-order valence-corrected chi connectivity index (χ0v) is 9.00. The van der Waals surface area contributed by atoms with Gasteiger partial charge in [-0.15, -0.1) is 0 Å². The Morgan fingerprint density at radius 2 is 2.12 bits per heavy atom. The Labute approximate surface area is 93.8 Å². The summed E-state index contributed by atoms with van der Waals surface area (Å²) in [5.41, 5.74) is 0.841. The lowest BCUT2D eigenvalue weighted by Gasteiger charge is -2.11. The van der Waals surface area contributed by atoms with Crippen LogP contribution in [0.25, 0.3) is 4.98 Å². The molecule has 0 saturated heterocycles. The van der Waals surface area contributed by atoms with Crippen LogP contribution in [0.4, 0.5) is 0 Å². The Balaban J connectivity index is 2.90. The molecule has 16 heavy (non-hydrogen) atoms. The lowest BCUT2D eigenvalue weighted by Crippen LogP contribution is -2.09. The van der Waals surface area contributed by atoms with Crippen molar-refractivity contribution < 1.29 is 9.90 Å². The number of hydrogen-bond acceptors (Lipinski definition) is 3. The number of Topliss-reactive ketones (excluding diaryl/α,β-unsaturated/α-hetero) is 1. The molecule has 0 heterocycles. The van der Waals surface area contributed by atoms with Gasteiger partial charge in [0.2, 0.25) is 5.39 Å². The molecule has 0 fully saturated rings. The van der Waals surface area contributed by atoms with Crippen LogP contribution in [0.15, 0.2) is 42.3 Å². The lowest BCUT2D eigenvalue weighted by molar-refractivity contribution is -0.118. The maximum absolute atomic E-state index is 11.5.